The fourth-order valence-electron chi connectivity index (χ4n) is 0.781. The minimum absolute atomic E-state index is 0.0460. The Morgan fingerprint density at radius 1 is 1.78 bits per heavy atom. The first-order valence-corrected chi connectivity index (χ1v) is 2.87. The Morgan fingerprint density at radius 3 is 3.00 bits per heavy atom. The Bertz CT molecular complexity index is 195. The molecule has 0 bridgehead atoms. The summed E-state index contributed by atoms with van der Waals surface area (Å²) in [5.74, 6) is 0. The lowest BCUT2D eigenvalue weighted by atomic mass is 10.0. The molecule has 2 N–H and O–H groups in total. The second-order valence-corrected chi connectivity index (χ2v) is 2.04. The maximum Gasteiger partial charge on any atom is 0.0988 e. The summed E-state index contributed by atoms with van der Waals surface area (Å²) in [6.45, 7) is 0. The van der Waals surface area contributed by atoms with Crippen molar-refractivity contribution in [2.45, 2.75) is 12.5 Å². The molecule has 2 heteroatoms. The molecule has 0 aromatic heterocycles. The molecule has 0 amide bonds. The van der Waals surface area contributed by atoms with Crippen LogP contribution in [0.3, 0.4) is 0 Å². The van der Waals surface area contributed by atoms with Crippen molar-refractivity contribution in [2.75, 3.05) is 0 Å². The van der Waals surface area contributed by atoms with Crippen molar-refractivity contribution in [3.63, 3.8) is 0 Å². The number of rotatable bonds is 0. The van der Waals surface area contributed by atoms with Crippen LogP contribution >= 0.6 is 0 Å². The number of hydrogen-bond acceptors (Lipinski definition) is 2. The van der Waals surface area contributed by atoms with Crippen molar-refractivity contribution in [3.05, 3.63) is 23.8 Å². The zero-order valence-corrected chi connectivity index (χ0v) is 5.04. The maximum absolute atomic E-state index is 8.38. The van der Waals surface area contributed by atoms with Gasteiger partial charge in [0.05, 0.1) is 6.07 Å². The van der Waals surface area contributed by atoms with E-state index in [0.717, 1.165) is 6.42 Å². The quantitative estimate of drug-likeness (QED) is 0.512. The smallest absolute Gasteiger partial charge is 0.0988 e. The third-order valence-corrected chi connectivity index (χ3v) is 1.23. The van der Waals surface area contributed by atoms with Crippen molar-refractivity contribution in [3.8, 4) is 6.07 Å². The third kappa shape index (κ3) is 1.41. The molecule has 1 aliphatic carbocycles. The summed E-state index contributed by atoms with van der Waals surface area (Å²) >= 11 is 0. The van der Waals surface area contributed by atoms with Gasteiger partial charge >= 0.3 is 0 Å². The van der Waals surface area contributed by atoms with Gasteiger partial charge in [0.15, 0.2) is 0 Å². The lowest BCUT2D eigenvalue weighted by molar-refractivity contribution is 0.821. The first kappa shape index (κ1) is 6.06. The molecule has 1 atom stereocenters. The summed E-state index contributed by atoms with van der Waals surface area (Å²) < 4.78 is 0. The standard InChI is InChI=1S/C7H8N2/c8-5-6-2-1-3-7(9)4-6/h1-2,4,7H,3,9H2/t7-/m1/s1. The van der Waals surface area contributed by atoms with Gasteiger partial charge in [0.25, 0.3) is 0 Å². The zero-order chi connectivity index (χ0) is 6.69. The van der Waals surface area contributed by atoms with E-state index in [1.807, 2.05) is 12.1 Å². The molecule has 0 fully saturated rings. The molecule has 0 saturated heterocycles. The molecular formula is C7H8N2. The minimum atomic E-state index is 0.0460. The van der Waals surface area contributed by atoms with Crippen molar-refractivity contribution < 1.29 is 0 Å². The summed E-state index contributed by atoms with van der Waals surface area (Å²) in [7, 11) is 0. The molecule has 1 aliphatic rings. The lowest BCUT2D eigenvalue weighted by Crippen LogP contribution is -2.17. The zero-order valence-electron chi connectivity index (χ0n) is 5.04. The van der Waals surface area contributed by atoms with E-state index in [1.54, 1.807) is 12.2 Å². The molecule has 0 heterocycles. The highest BCUT2D eigenvalue weighted by Crippen LogP contribution is 2.06. The SMILES string of the molecule is N#CC1=C[C@H](N)CC=C1. The normalized spacial score (nSPS) is 24.9. The Balaban J connectivity index is 2.74. The van der Waals surface area contributed by atoms with Crippen LogP contribution in [0.2, 0.25) is 0 Å². The van der Waals surface area contributed by atoms with Gasteiger partial charge in [-0.1, -0.05) is 6.08 Å². The van der Waals surface area contributed by atoms with E-state index in [0.29, 0.717) is 5.57 Å². The molecule has 0 spiro atoms. The van der Waals surface area contributed by atoms with Gasteiger partial charge in [-0.2, -0.15) is 5.26 Å². The first-order valence-electron chi connectivity index (χ1n) is 2.87. The third-order valence-electron chi connectivity index (χ3n) is 1.23. The Morgan fingerprint density at radius 2 is 2.56 bits per heavy atom. The molecule has 0 saturated carbocycles. The van der Waals surface area contributed by atoms with E-state index in [1.165, 1.54) is 0 Å². The van der Waals surface area contributed by atoms with Crippen molar-refractivity contribution in [1.29, 1.82) is 5.26 Å². The summed E-state index contributed by atoms with van der Waals surface area (Å²) in [4.78, 5) is 0. The number of hydrogen-bond donors (Lipinski definition) is 1. The van der Waals surface area contributed by atoms with Gasteiger partial charge in [0, 0.05) is 11.6 Å². The maximum atomic E-state index is 8.38. The molecule has 0 aromatic carbocycles. The van der Waals surface area contributed by atoms with Crippen LogP contribution in [0.4, 0.5) is 0 Å². The minimum Gasteiger partial charge on any atom is -0.324 e. The van der Waals surface area contributed by atoms with Crippen LogP contribution in [0.15, 0.2) is 23.8 Å². The summed E-state index contributed by atoms with van der Waals surface area (Å²) in [6, 6.07) is 2.07. The van der Waals surface area contributed by atoms with Gasteiger partial charge in [0.1, 0.15) is 0 Å². The first-order chi connectivity index (χ1) is 4.33. The van der Waals surface area contributed by atoms with Gasteiger partial charge in [-0.15, -0.1) is 0 Å². The van der Waals surface area contributed by atoms with Gasteiger partial charge in [0.2, 0.25) is 0 Å². The molecule has 46 valence electrons. The van der Waals surface area contributed by atoms with Crippen LogP contribution in [0.1, 0.15) is 6.42 Å². The number of nitrogens with zero attached hydrogens (tertiary/aromatic N) is 1. The van der Waals surface area contributed by atoms with Gasteiger partial charge in [-0.3, -0.25) is 0 Å². The molecular weight excluding hydrogens is 112 g/mol. The van der Waals surface area contributed by atoms with E-state index < -0.39 is 0 Å². The predicted octanol–water partition coefficient (Wildman–Crippen LogP) is 0.724. The molecule has 0 unspecified atom stereocenters. The fourth-order valence-corrected chi connectivity index (χ4v) is 0.781. The van der Waals surface area contributed by atoms with Crippen LogP contribution in [0.25, 0.3) is 0 Å². The Hall–Kier alpha value is -1.07. The highest BCUT2D eigenvalue weighted by atomic mass is 14.6. The van der Waals surface area contributed by atoms with E-state index >= 15 is 0 Å². The summed E-state index contributed by atoms with van der Waals surface area (Å²) in [5.41, 5.74) is 6.20. The highest BCUT2D eigenvalue weighted by molar-refractivity contribution is 5.36. The lowest BCUT2D eigenvalue weighted by Gasteiger charge is -2.05. The number of nitriles is 1. The van der Waals surface area contributed by atoms with E-state index in [2.05, 4.69) is 0 Å². The molecule has 0 aliphatic heterocycles. The molecule has 1 rings (SSSR count). The molecule has 0 aromatic rings. The monoisotopic (exact) mass is 120 g/mol. The van der Waals surface area contributed by atoms with Crippen LogP contribution < -0.4 is 5.73 Å². The van der Waals surface area contributed by atoms with Gasteiger partial charge < -0.3 is 5.73 Å². The molecule has 2 nitrogen and oxygen atoms in total. The van der Waals surface area contributed by atoms with Crippen molar-refractivity contribution in [2.24, 2.45) is 5.73 Å². The van der Waals surface area contributed by atoms with E-state index in [9.17, 15) is 0 Å². The molecule has 9 heavy (non-hydrogen) atoms. The predicted molar refractivity (Wildman–Crippen MR) is 35.4 cm³/mol. The van der Waals surface area contributed by atoms with Gasteiger partial charge in [-0.05, 0) is 18.6 Å². The Kier molecular flexibility index (Phi) is 1.66. The molecule has 0 radical (unpaired) electrons. The average Bonchev–Trinajstić information content (AvgIpc) is 1.88. The summed E-state index contributed by atoms with van der Waals surface area (Å²) in [6.07, 6.45) is 6.34. The number of allylic oxidation sites excluding steroid dienone is 2. The van der Waals surface area contributed by atoms with E-state index in [4.69, 9.17) is 11.0 Å². The second kappa shape index (κ2) is 2.47. The van der Waals surface area contributed by atoms with Crippen LogP contribution in [-0.4, -0.2) is 6.04 Å². The topological polar surface area (TPSA) is 49.8 Å². The summed E-state index contributed by atoms with van der Waals surface area (Å²) in [5, 5.41) is 8.38. The van der Waals surface area contributed by atoms with E-state index in [-0.39, 0.29) is 6.04 Å². The van der Waals surface area contributed by atoms with Crippen LogP contribution in [0, 0.1) is 11.3 Å². The average molecular weight is 120 g/mol. The van der Waals surface area contributed by atoms with Crippen LogP contribution in [-0.2, 0) is 0 Å². The highest BCUT2D eigenvalue weighted by Gasteiger charge is 2.01. The van der Waals surface area contributed by atoms with Crippen LogP contribution in [0.5, 0.6) is 0 Å². The van der Waals surface area contributed by atoms with Crippen molar-refractivity contribution >= 4 is 0 Å². The largest absolute Gasteiger partial charge is 0.324 e. The Labute approximate surface area is 54.3 Å². The number of nitrogens with two attached hydrogens (primary N) is 1. The fraction of sp³-hybridized carbons (Fsp3) is 0.286. The van der Waals surface area contributed by atoms with Crippen molar-refractivity contribution in [1.82, 2.24) is 0 Å². The van der Waals surface area contributed by atoms with Gasteiger partial charge in [-0.25, -0.2) is 0 Å². The second-order valence-electron chi connectivity index (χ2n) is 2.04.